The van der Waals surface area contributed by atoms with Gasteiger partial charge in [0.15, 0.2) is 23.0 Å². The topological polar surface area (TPSA) is 69.3 Å². The van der Waals surface area contributed by atoms with E-state index in [2.05, 4.69) is 48.3 Å². The van der Waals surface area contributed by atoms with Gasteiger partial charge in [-0.05, 0) is 72.7 Å². The average molecular weight is 533 g/mol. The van der Waals surface area contributed by atoms with Crippen molar-refractivity contribution in [2.75, 3.05) is 34.4 Å². The molecule has 39 heavy (non-hydrogen) atoms. The Hall–Kier alpha value is -3.71. The Balaban J connectivity index is 1.62. The van der Waals surface area contributed by atoms with Gasteiger partial charge in [0.1, 0.15) is 0 Å². The number of rotatable bonds is 12. The third kappa shape index (κ3) is 7.03. The smallest absolute Gasteiger partial charge is 0.234 e. The van der Waals surface area contributed by atoms with Crippen LogP contribution in [-0.4, -0.2) is 51.3 Å². The summed E-state index contributed by atoms with van der Waals surface area (Å²) < 4.78 is 23.0. The van der Waals surface area contributed by atoms with E-state index in [1.165, 1.54) is 5.56 Å². The zero-order valence-electron chi connectivity index (χ0n) is 23.7. The van der Waals surface area contributed by atoms with Crippen molar-refractivity contribution in [3.05, 3.63) is 82.9 Å². The van der Waals surface area contributed by atoms with Gasteiger partial charge in [0.2, 0.25) is 5.91 Å². The zero-order valence-corrected chi connectivity index (χ0v) is 23.7. The maximum atomic E-state index is 13.1. The number of ether oxygens (including phenoxy) is 4. The quantitative estimate of drug-likeness (QED) is 0.339. The molecule has 0 spiro atoms. The van der Waals surface area contributed by atoms with Gasteiger partial charge < -0.3 is 24.3 Å². The molecule has 0 radical (unpaired) electrons. The van der Waals surface area contributed by atoms with Gasteiger partial charge in [0, 0.05) is 19.1 Å². The van der Waals surface area contributed by atoms with Crippen molar-refractivity contribution in [1.29, 1.82) is 0 Å². The second-order valence-electron chi connectivity index (χ2n) is 9.93. The molecule has 4 rings (SSSR count). The van der Waals surface area contributed by atoms with Crippen LogP contribution in [0.15, 0.2) is 60.7 Å². The second-order valence-corrected chi connectivity index (χ2v) is 9.93. The van der Waals surface area contributed by atoms with Gasteiger partial charge in [-0.2, -0.15) is 0 Å². The Morgan fingerprint density at radius 3 is 2.33 bits per heavy atom. The van der Waals surface area contributed by atoms with E-state index in [1.54, 1.807) is 21.3 Å². The number of benzene rings is 3. The van der Waals surface area contributed by atoms with Crippen LogP contribution in [-0.2, 0) is 24.2 Å². The van der Waals surface area contributed by atoms with Gasteiger partial charge in [-0.3, -0.25) is 9.69 Å². The number of carbonyl (C=O) groups is 1. The van der Waals surface area contributed by atoms with Gasteiger partial charge in [-0.15, -0.1) is 0 Å². The molecule has 0 aromatic heterocycles. The molecule has 2 unspecified atom stereocenters. The first-order valence-electron chi connectivity index (χ1n) is 13.6. The van der Waals surface area contributed by atoms with E-state index < -0.39 is 0 Å². The molecule has 0 fully saturated rings. The van der Waals surface area contributed by atoms with Crippen molar-refractivity contribution in [2.24, 2.45) is 0 Å². The molecular weight excluding hydrogens is 492 g/mol. The fraction of sp³-hybridized carbons (Fsp3) is 0.406. The minimum Gasteiger partial charge on any atom is -0.493 e. The van der Waals surface area contributed by atoms with Crippen LogP contribution in [0.4, 0.5) is 0 Å². The Morgan fingerprint density at radius 2 is 1.64 bits per heavy atom. The molecule has 0 bridgehead atoms. The minimum absolute atomic E-state index is 0.00306. The lowest BCUT2D eigenvalue weighted by Crippen LogP contribution is -2.43. The largest absolute Gasteiger partial charge is 0.493 e. The fourth-order valence-electron chi connectivity index (χ4n) is 5.01. The molecule has 7 heteroatoms. The van der Waals surface area contributed by atoms with Crippen LogP contribution in [0.3, 0.4) is 0 Å². The summed E-state index contributed by atoms with van der Waals surface area (Å²) >= 11 is 0. The predicted octanol–water partition coefficient (Wildman–Crippen LogP) is 5.35. The number of methoxy groups -OCH3 is 3. The molecule has 1 aliphatic heterocycles. The molecule has 7 nitrogen and oxygen atoms in total. The van der Waals surface area contributed by atoms with Crippen molar-refractivity contribution in [3.8, 4) is 23.0 Å². The summed E-state index contributed by atoms with van der Waals surface area (Å²) in [5.41, 5.74) is 4.55. The number of nitrogens with zero attached hydrogens (tertiary/aromatic N) is 1. The van der Waals surface area contributed by atoms with Gasteiger partial charge in [-0.1, -0.05) is 43.3 Å². The van der Waals surface area contributed by atoms with E-state index in [4.69, 9.17) is 18.9 Å². The monoisotopic (exact) mass is 532 g/mol. The number of hydrogen-bond donors (Lipinski definition) is 1. The van der Waals surface area contributed by atoms with E-state index in [0.29, 0.717) is 31.0 Å². The highest BCUT2D eigenvalue weighted by Gasteiger charge is 2.31. The first kappa shape index (κ1) is 28.3. The maximum Gasteiger partial charge on any atom is 0.234 e. The van der Waals surface area contributed by atoms with Gasteiger partial charge in [0.25, 0.3) is 0 Å². The minimum atomic E-state index is -0.0270. The van der Waals surface area contributed by atoms with Crippen molar-refractivity contribution in [2.45, 2.75) is 51.8 Å². The molecule has 1 heterocycles. The van der Waals surface area contributed by atoms with E-state index in [9.17, 15) is 4.79 Å². The lowest BCUT2D eigenvalue weighted by molar-refractivity contribution is -0.123. The van der Waals surface area contributed by atoms with Crippen LogP contribution in [0.1, 0.15) is 48.6 Å². The zero-order chi connectivity index (χ0) is 27.8. The maximum absolute atomic E-state index is 13.1. The van der Waals surface area contributed by atoms with Crippen LogP contribution >= 0.6 is 0 Å². The number of carbonyl (C=O) groups excluding carboxylic acids is 1. The van der Waals surface area contributed by atoms with Crippen LogP contribution in [0, 0.1) is 0 Å². The predicted molar refractivity (Wildman–Crippen MR) is 153 cm³/mol. The van der Waals surface area contributed by atoms with E-state index in [0.717, 1.165) is 47.6 Å². The highest BCUT2D eigenvalue weighted by molar-refractivity contribution is 5.78. The second kappa shape index (κ2) is 13.4. The number of fused-ring (bicyclic) bond motifs is 1. The standard InChI is InChI=1S/C32H40N2O5/c1-6-22(2)39-31-17-24(12-13-28(31)36-3)16-27-26-19-30(38-5)29(37-4)18-25(26)14-15-34(27)21-32(35)33-20-23-10-8-7-9-11-23/h7-13,17-19,22,27H,6,14-16,20-21H2,1-5H3,(H,33,35). The first-order valence-corrected chi connectivity index (χ1v) is 13.6. The first-order chi connectivity index (χ1) is 18.9. The summed E-state index contributed by atoms with van der Waals surface area (Å²) in [7, 11) is 4.97. The molecule has 0 saturated carbocycles. The normalized spacial score (nSPS) is 15.7. The molecule has 1 N–H and O–H groups in total. The van der Waals surface area contributed by atoms with Crippen molar-refractivity contribution in [1.82, 2.24) is 10.2 Å². The van der Waals surface area contributed by atoms with Crippen molar-refractivity contribution < 1.29 is 23.7 Å². The van der Waals surface area contributed by atoms with Gasteiger partial charge >= 0.3 is 0 Å². The molecule has 1 aliphatic rings. The summed E-state index contributed by atoms with van der Waals surface area (Å²) in [5, 5.41) is 3.09. The summed E-state index contributed by atoms with van der Waals surface area (Å²) in [6.45, 7) is 5.73. The number of hydrogen-bond acceptors (Lipinski definition) is 6. The number of nitrogens with one attached hydrogen (secondary N) is 1. The molecule has 2 atom stereocenters. The Bertz CT molecular complexity index is 1250. The summed E-state index contributed by atoms with van der Waals surface area (Å²) in [4.78, 5) is 15.3. The van der Waals surface area contributed by atoms with E-state index in [-0.39, 0.29) is 18.1 Å². The third-order valence-electron chi connectivity index (χ3n) is 7.35. The van der Waals surface area contributed by atoms with Crippen LogP contribution in [0.5, 0.6) is 23.0 Å². The number of amides is 1. The lowest BCUT2D eigenvalue weighted by Gasteiger charge is -2.37. The highest BCUT2D eigenvalue weighted by atomic mass is 16.5. The molecule has 3 aromatic rings. The highest BCUT2D eigenvalue weighted by Crippen LogP contribution is 2.40. The average Bonchev–Trinajstić information content (AvgIpc) is 2.97. The van der Waals surface area contributed by atoms with Gasteiger partial charge in [-0.25, -0.2) is 0 Å². The molecule has 1 amide bonds. The van der Waals surface area contributed by atoms with E-state index >= 15 is 0 Å². The third-order valence-corrected chi connectivity index (χ3v) is 7.35. The summed E-state index contributed by atoms with van der Waals surface area (Å²) in [6.07, 6.45) is 2.50. The molecule has 208 valence electrons. The van der Waals surface area contributed by atoms with Gasteiger partial charge in [0.05, 0.1) is 34.0 Å². The van der Waals surface area contributed by atoms with Crippen molar-refractivity contribution >= 4 is 5.91 Å². The van der Waals surface area contributed by atoms with Crippen LogP contribution in [0.2, 0.25) is 0 Å². The molecule has 3 aromatic carbocycles. The molecule has 0 aliphatic carbocycles. The Morgan fingerprint density at radius 1 is 0.923 bits per heavy atom. The van der Waals surface area contributed by atoms with E-state index in [1.807, 2.05) is 36.4 Å². The van der Waals surface area contributed by atoms with Crippen LogP contribution < -0.4 is 24.3 Å². The Kier molecular flexibility index (Phi) is 9.71. The van der Waals surface area contributed by atoms with Crippen LogP contribution in [0.25, 0.3) is 0 Å². The molecular formula is C32H40N2O5. The van der Waals surface area contributed by atoms with Crippen molar-refractivity contribution in [3.63, 3.8) is 0 Å². The SMILES string of the molecule is CCC(C)Oc1cc(CC2c3cc(OC)c(OC)cc3CCN2CC(=O)NCc2ccccc2)ccc1OC. The summed E-state index contributed by atoms with van der Waals surface area (Å²) in [5.74, 6) is 2.86. The lowest BCUT2D eigenvalue weighted by atomic mass is 9.88. The molecule has 0 saturated heterocycles. The fourth-order valence-corrected chi connectivity index (χ4v) is 5.01. The Labute approximate surface area is 232 Å². The summed E-state index contributed by atoms with van der Waals surface area (Å²) in [6, 6.07) is 20.2.